The van der Waals surface area contributed by atoms with E-state index in [0.29, 0.717) is 12.8 Å². The van der Waals surface area contributed by atoms with Gasteiger partial charge in [0.1, 0.15) is 12.2 Å². The Morgan fingerprint density at radius 2 is 1.89 bits per heavy atom. The van der Waals surface area contributed by atoms with Crippen LogP contribution in [0.1, 0.15) is 43.2 Å². The van der Waals surface area contributed by atoms with Gasteiger partial charge in [0.2, 0.25) is 0 Å². The molecule has 0 bridgehead atoms. The van der Waals surface area contributed by atoms with Crippen molar-refractivity contribution in [2.24, 2.45) is 0 Å². The molecule has 2 aromatic carbocycles. The van der Waals surface area contributed by atoms with E-state index >= 15 is 0 Å². The van der Waals surface area contributed by atoms with Gasteiger partial charge in [-0.3, -0.25) is 9.88 Å². The highest BCUT2D eigenvalue weighted by Crippen LogP contribution is 2.38. The van der Waals surface area contributed by atoms with Crippen molar-refractivity contribution in [2.75, 3.05) is 6.73 Å². The van der Waals surface area contributed by atoms with Crippen LogP contribution in [-0.2, 0) is 12.3 Å². The molecule has 1 aromatic heterocycles. The normalized spacial score (nSPS) is 18.0. The van der Waals surface area contributed by atoms with Crippen molar-refractivity contribution in [3.05, 3.63) is 65.9 Å². The molecule has 1 saturated carbocycles. The zero-order valence-corrected chi connectivity index (χ0v) is 17.0. The van der Waals surface area contributed by atoms with Gasteiger partial charge >= 0.3 is 0 Å². The predicted molar refractivity (Wildman–Crippen MR) is 116 cm³/mol. The first-order valence-corrected chi connectivity index (χ1v) is 11.3. The van der Waals surface area contributed by atoms with Crippen LogP contribution in [0.25, 0.3) is 10.9 Å². The van der Waals surface area contributed by atoms with Gasteiger partial charge in [-0.25, -0.2) is 0 Å². The highest BCUT2D eigenvalue weighted by Gasteiger charge is 2.28. The Hall–Kier alpha value is -2.04. The molecule has 4 heteroatoms. The average molecular weight is 391 g/mol. The van der Waals surface area contributed by atoms with E-state index in [4.69, 9.17) is 9.72 Å². The Balaban J connectivity index is 1.45. The molecule has 2 heterocycles. The van der Waals surface area contributed by atoms with Crippen molar-refractivity contribution in [3.8, 4) is 5.75 Å². The Labute approximate surface area is 171 Å². The summed E-state index contributed by atoms with van der Waals surface area (Å²) in [7, 11) is 0. The van der Waals surface area contributed by atoms with Crippen LogP contribution in [0, 0.1) is 0 Å². The number of aromatic nitrogens is 1. The lowest BCUT2D eigenvalue weighted by Gasteiger charge is -2.37. The zero-order valence-electron chi connectivity index (χ0n) is 16.1. The van der Waals surface area contributed by atoms with Gasteiger partial charge < -0.3 is 4.74 Å². The van der Waals surface area contributed by atoms with Crippen LogP contribution in [0.4, 0.5) is 0 Å². The fourth-order valence-corrected chi connectivity index (χ4v) is 5.43. The van der Waals surface area contributed by atoms with Gasteiger partial charge in [0.05, 0.1) is 0 Å². The zero-order chi connectivity index (χ0) is 18.8. The third-order valence-electron chi connectivity index (χ3n) is 5.99. The summed E-state index contributed by atoms with van der Waals surface area (Å²) in [5.41, 5.74) is 3.67. The van der Waals surface area contributed by atoms with Crippen LogP contribution in [0.5, 0.6) is 5.75 Å². The molecule has 3 aromatic rings. The molecule has 0 saturated heterocycles. The van der Waals surface area contributed by atoms with Gasteiger partial charge in [0.15, 0.2) is 5.75 Å². The lowest BCUT2D eigenvalue weighted by molar-refractivity contribution is 0.0413. The first kappa shape index (κ1) is 18.0. The van der Waals surface area contributed by atoms with Gasteiger partial charge in [-0.05, 0) is 42.7 Å². The Morgan fingerprint density at radius 1 is 1.04 bits per heavy atom. The number of pyridine rings is 1. The maximum Gasteiger partial charge on any atom is 0.152 e. The van der Waals surface area contributed by atoms with Crippen LogP contribution >= 0.6 is 11.8 Å². The van der Waals surface area contributed by atoms with Crippen molar-refractivity contribution in [3.63, 3.8) is 0 Å². The first-order chi connectivity index (χ1) is 13.9. The monoisotopic (exact) mass is 390 g/mol. The summed E-state index contributed by atoms with van der Waals surface area (Å²) in [6.07, 6.45) is 8.59. The van der Waals surface area contributed by atoms with E-state index < -0.39 is 0 Å². The molecule has 0 atom stereocenters. The second-order valence-electron chi connectivity index (χ2n) is 7.84. The molecule has 5 rings (SSSR count). The van der Waals surface area contributed by atoms with Crippen molar-refractivity contribution in [1.29, 1.82) is 0 Å². The predicted octanol–water partition coefficient (Wildman–Crippen LogP) is 6.01. The number of thioether (sulfide) groups is 1. The van der Waals surface area contributed by atoms with Gasteiger partial charge in [-0.2, -0.15) is 0 Å². The molecule has 0 N–H and O–H groups in total. The highest BCUT2D eigenvalue weighted by molar-refractivity contribution is 7.98. The van der Waals surface area contributed by atoms with Crippen LogP contribution in [-0.4, -0.2) is 22.7 Å². The summed E-state index contributed by atoms with van der Waals surface area (Å²) < 4.78 is 6.28. The Kier molecular flexibility index (Phi) is 5.24. The van der Waals surface area contributed by atoms with Crippen molar-refractivity contribution < 1.29 is 4.74 Å². The number of hydrogen-bond donors (Lipinski definition) is 0. The lowest BCUT2D eigenvalue weighted by atomic mass is 9.93. The van der Waals surface area contributed by atoms with Crippen molar-refractivity contribution >= 4 is 22.7 Å². The third-order valence-corrected chi connectivity index (χ3v) is 7.05. The van der Waals surface area contributed by atoms with Crippen molar-refractivity contribution in [2.45, 2.75) is 55.3 Å². The van der Waals surface area contributed by atoms with Crippen LogP contribution in [0.15, 0.2) is 59.6 Å². The molecular formula is C24H26N2OS. The molecule has 0 unspecified atom stereocenters. The summed E-state index contributed by atoms with van der Waals surface area (Å²) in [5.74, 6) is 1.94. The number of hydrogen-bond acceptors (Lipinski definition) is 4. The van der Waals surface area contributed by atoms with E-state index in [0.717, 1.165) is 23.6 Å². The first-order valence-electron chi connectivity index (χ1n) is 10.3. The van der Waals surface area contributed by atoms with Gasteiger partial charge in [0, 0.05) is 40.4 Å². The number of benzene rings is 2. The molecule has 3 nitrogen and oxygen atoms in total. The van der Waals surface area contributed by atoms with E-state index in [-0.39, 0.29) is 0 Å². The van der Waals surface area contributed by atoms with E-state index in [1.807, 2.05) is 24.0 Å². The minimum Gasteiger partial charge on any atom is -0.475 e. The average Bonchev–Trinajstić information content (AvgIpc) is 2.78. The Bertz CT molecular complexity index is 953. The maximum absolute atomic E-state index is 6.28. The summed E-state index contributed by atoms with van der Waals surface area (Å²) in [6, 6.07) is 17.9. The number of ether oxygens (including phenoxy) is 1. The van der Waals surface area contributed by atoms with E-state index in [1.54, 1.807) is 0 Å². The van der Waals surface area contributed by atoms with Crippen molar-refractivity contribution in [1.82, 2.24) is 9.88 Å². The minimum absolute atomic E-state index is 0.670. The summed E-state index contributed by atoms with van der Waals surface area (Å²) in [4.78, 5) is 8.53. The quantitative estimate of drug-likeness (QED) is 0.509. The second kappa shape index (κ2) is 8.14. The fraction of sp³-hybridized carbons (Fsp3) is 0.375. The highest BCUT2D eigenvalue weighted by atomic mass is 32.2. The molecule has 0 radical (unpaired) electrons. The van der Waals surface area contributed by atoms with Crippen LogP contribution in [0.2, 0.25) is 0 Å². The summed E-state index contributed by atoms with van der Waals surface area (Å²) >= 11 is 1.89. The van der Waals surface area contributed by atoms with E-state index in [9.17, 15) is 0 Å². The smallest absolute Gasteiger partial charge is 0.152 e. The largest absolute Gasteiger partial charge is 0.475 e. The lowest BCUT2D eigenvalue weighted by Crippen LogP contribution is -2.41. The number of rotatable bonds is 4. The van der Waals surface area contributed by atoms with Gasteiger partial charge in [-0.1, -0.05) is 43.5 Å². The van der Waals surface area contributed by atoms with Gasteiger partial charge in [0.25, 0.3) is 0 Å². The second-order valence-corrected chi connectivity index (χ2v) is 8.89. The summed E-state index contributed by atoms with van der Waals surface area (Å²) in [5, 5.41) is 1.22. The topological polar surface area (TPSA) is 25.4 Å². The molecule has 0 amide bonds. The standard InChI is InChI=1S/C24H26N2OS/c1-3-8-20(9-4-1)26-15-18-14-19(16-28-21-10-5-2-6-11-21)22-12-7-13-25-23(22)24(18)27-17-26/h2,5-7,10-14,20H,1,3-4,8-9,15-17H2. The van der Waals surface area contributed by atoms with Crippen LogP contribution < -0.4 is 4.74 Å². The number of fused-ring (bicyclic) bond motifs is 3. The molecule has 0 spiro atoms. The molecule has 144 valence electrons. The molecular weight excluding hydrogens is 364 g/mol. The van der Waals surface area contributed by atoms with Gasteiger partial charge in [-0.15, -0.1) is 11.8 Å². The molecule has 1 fully saturated rings. The summed E-state index contributed by atoms with van der Waals surface area (Å²) in [6.45, 7) is 1.68. The Morgan fingerprint density at radius 3 is 2.75 bits per heavy atom. The molecule has 1 aliphatic carbocycles. The maximum atomic E-state index is 6.28. The molecule has 1 aliphatic heterocycles. The fourth-order valence-electron chi connectivity index (χ4n) is 4.52. The number of nitrogens with zero attached hydrogens (tertiary/aromatic N) is 2. The van der Waals surface area contributed by atoms with E-state index in [2.05, 4.69) is 47.4 Å². The molecule has 28 heavy (non-hydrogen) atoms. The molecule has 2 aliphatic rings. The third kappa shape index (κ3) is 3.63. The SMILES string of the molecule is c1ccc(SCc2cc3c(c4ncccc24)OCN(C2CCCCC2)C3)cc1. The van der Waals surface area contributed by atoms with Crippen LogP contribution in [0.3, 0.4) is 0 Å². The minimum atomic E-state index is 0.670. The van der Waals surface area contributed by atoms with E-state index in [1.165, 1.54) is 53.5 Å².